The van der Waals surface area contributed by atoms with Crippen molar-refractivity contribution in [3.8, 4) is 0 Å². The standard InChI is InChI=1S/C20H41NO.H3O4P/c1-2-3-4-5-6-7-8-9-10-11-12-13-14-15-16-21-17-19-22-20-18-21;1-5(2,3)4/h2-20H2,1H3;(H3,1,2,3,4). The molecule has 1 aliphatic rings. The quantitative estimate of drug-likeness (QED) is 0.286. The lowest BCUT2D eigenvalue weighted by molar-refractivity contribution is -0.908. The Morgan fingerprint density at radius 1 is 0.778 bits per heavy atom. The monoisotopic (exact) mass is 409 g/mol. The lowest BCUT2D eigenvalue weighted by Gasteiger charge is -2.23. The summed E-state index contributed by atoms with van der Waals surface area (Å²) in [7, 11) is -4.89. The number of phosphoric acid groups is 1. The summed E-state index contributed by atoms with van der Waals surface area (Å²) in [5.41, 5.74) is 0. The summed E-state index contributed by atoms with van der Waals surface area (Å²) in [6.07, 6.45) is 20.4. The van der Waals surface area contributed by atoms with Crippen LogP contribution in [0.2, 0.25) is 0 Å². The molecule has 1 rings (SSSR count). The third-order valence-electron chi connectivity index (χ3n) is 5.08. The van der Waals surface area contributed by atoms with Crippen LogP contribution in [0.25, 0.3) is 0 Å². The molecule has 0 amide bonds. The summed E-state index contributed by atoms with van der Waals surface area (Å²) >= 11 is 0. The van der Waals surface area contributed by atoms with E-state index in [1.54, 1.807) is 4.90 Å². The van der Waals surface area contributed by atoms with E-state index in [1.807, 2.05) is 0 Å². The molecule has 1 aliphatic heterocycles. The van der Waals surface area contributed by atoms with Crippen molar-refractivity contribution < 1.29 is 28.9 Å². The number of nitrogens with one attached hydrogen (secondary N) is 1. The van der Waals surface area contributed by atoms with Gasteiger partial charge in [0.15, 0.2) is 0 Å². The van der Waals surface area contributed by atoms with Crippen molar-refractivity contribution in [3.05, 3.63) is 0 Å². The number of unbranched alkanes of at least 4 members (excludes halogenated alkanes) is 13. The van der Waals surface area contributed by atoms with Gasteiger partial charge in [0.25, 0.3) is 7.82 Å². The van der Waals surface area contributed by atoms with Gasteiger partial charge in [-0.2, -0.15) is 0 Å². The minimum Gasteiger partial charge on any atom is -0.756 e. The van der Waals surface area contributed by atoms with Crippen molar-refractivity contribution in [3.63, 3.8) is 0 Å². The molecular weight excluding hydrogens is 365 g/mol. The van der Waals surface area contributed by atoms with Crippen LogP contribution in [0, 0.1) is 0 Å². The minimum atomic E-state index is -4.89. The minimum absolute atomic E-state index is 0.980. The molecule has 1 fully saturated rings. The highest BCUT2D eigenvalue weighted by Gasteiger charge is 2.12. The number of hydrogen-bond acceptors (Lipinski definition) is 3. The number of rotatable bonds is 15. The van der Waals surface area contributed by atoms with E-state index in [4.69, 9.17) is 24.0 Å². The van der Waals surface area contributed by atoms with E-state index in [0.29, 0.717) is 0 Å². The van der Waals surface area contributed by atoms with Gasteiger partial charge in [0.05, 0.1) is 19.8 Å². The summed E-state index contributed by atoms with van der Waals surface area (Å²) in [5, 5.41) is 0. The van der Waals surface area contributed by atoms with Gasteiger partial charge in [-0.1, -0.05) is 84.0 Å². The van der Waals surface area contributed by atoms with Gasteiger partial charge >= 0.3 is 0 Å². The lowest BCUT2D eigenvalue weighted by atomic mass is 10.0. The molecule has 0 unspecified atom stereocenters. The normalized spacial score (nSPS) is 15.4. The Hall–Kier alpha value is 0.0300. The largest absolute Gasteiger partial charge is 0.756 e. The van der Waals surface area contributed by atoms with Crippen molar-refractivity contribution in [2.24, 2.45) is 0 Å². The number of hydrogen-bond donors (Lipinski definition) is 3. The van der Waals surface area contributed by atoms with Gasteiger partial charge in [-0.25, -0.2) is 0 Å². The number of morpholine rings is 1. The lowest BCUT2D eigenvalue weighted by Crippen LogP contribution is -3.14. The highest BCUT2D eigenvalue weighted by Crippen LogP contribution is 2.19. The van der Waals surface area contributed by atoms with Crippen LogP contribution < -0.4 is 9.79 Å². The second-order valence-corrected chi connectivity index (χ2v) is 8.68. The Morgan fingerprint density at radius 3 is 1.48 bits per heavy atom. The zero-order valence-electron chi connectivity index (χ0n) is 17.5. The second-order valence-electron chi connectivity index (χ2n) is 7.70. The fraction of sp³-hybridized carbons (Fsp3) is 1.00. The highest BCUT2D eigenvalue weighted by molar-refractivity contribution is 7.43. The number of quaternary nitrogens is 1. The first-order chi connectivity index (χ1) is 12.9. The predicted octanol–water partition coefficient (Wildman–Crippen LogP) is 2.82. The van der Waals surface area contributed by atoms with Crippen LogP contribution >= 0.6 is 7.82 Å². The van der Waals surface area contributed by atoms with Crippen molar-refractivity contribution >= 4 is 7.82 Å². The molecule has 7 heteroatoms. The van der Waals surface area contributed by atoms with Crippen LogP contribution in [-0.4, -0.2) is 42.6 Å². The van der Waals surface area contributed by atoms with Gasteiger partial charge in [-0.05, 0) is 12.8 Å². The summed E-state index contributed by atoms with van der Waals surface area (Å²) in [6.45, 7) is 8.10. The first-order valence-electron chi connectivity index (χ1n) is 11.1. The molecule has 3 N–H and O–H groups in total. The van der Waals surface area contributed by atoms with Crippen molar-refractivity contribution in [2.45, 2.75) is 96.8 Å². The van der Waals surface area contributed by atoms with Crippen LogP contribution in [0.4, 0.5) is 0 Å². The summed E-state index contributed by atoms with van der Waals surface area (Å²) < 4.78 is 14.2. The Kier molecular flexibility index (Phi) is 19.4. The van der Waals surface area contributed by atoms with Crippen molar-refractivity contribution in [1.82, 2.24) is 0 Å². The van der Waals surface area contributed by atoms with Gasteiger partial charge in [-0.15, -0.1) is 0 Å². The maximum Gasteiger partial charge on any atom is 0.262 e. The summed E-state index contributed by atoms with van der Waals surface area (Å²) in [6, 6.07) is 0. The molecule has 0 aromatic rings. The second kappa shape index (κ2) is 19.4. The molecule has 27 heavy (non-hydrogen) atoms. The van der Waals surface area contributed by atoms with Crippen LogP contribution in [-0.2, 0) is 9.30 Å². The third-order valence-corrected chi connectivity index (χ3v) is 5.08. The predicted molar refractivity (Wildman–Crippen MR) is 109 cm³/mol. The zero-order chi connectivity index (χ0) is 20.2. The smallest absolute Gasteiger partial charge is 0.262 e. The van der Waals surface area contributed by atoms with Gasteiger partial charge in [0, 0.05) is 0 Å². The van der Waals surface area contributed by atoms with Gasteiger partial charge < -0.3 is 24.3 Å². The molecule has 0 radical (unpaired) electrons. The molecule has 0 saturated carbocycles. The fourth-order valence-corrected chi connectivity index (χ4v) is 3.48. The van der Waals surface area contributed by atoms with Gasteiger partial charge in [0.1, 0.15) is 13.1 Å². The van der Waals surface area contributed by atoms with Gasteiger partial charge in [-0.3, -0.25) is 4.57 Å². The van der Waals surface area contributed by atoms with Crippen LogP contribution in [0.5, 0.6) is 0 Å². The molecule has 1 heterocycles. The molecule has 164 valence electrons. The Labute approximate surface area is 166 Å². The first kappa shape index (κ1) is 27.0. The van der Waals surface area contributed by atoms with Crippen LogP contribution in [0.15, 0.2) is 0 Å². The third kappa shape index (κ3) is 26.0. The maximum absolute atomic E-state index is 8.77. The molecule has 0 aromatic carbocycles. The maximum atomic E-state index is 8.77. The zero-order valence-corrected chi connectivity index (χ0v) is 18.4. The van der Waals surface area contributed by atoms with E-state index < -0.39 is 7.82 Å². The van der Waals surface area contributed by atoms with Crippen molar-refractivity contribution in [1.29, 1.82) is 0 Å². The molecule has 0 aromatic heterocycles. The summed E-state index contributed by atoms with van der Waals surface area (Å²) in [5.74, 6) is 0. The summed E-state index contributed by atoms with van der Waals surface area (Å²) in [4.78, 5) is 24.7. The molecule has 0 aliphatic carbocycles. The molecular formula is C20H44NO5P. The Balaban J connectivity index is 0.00000119. The van der Waals surface area contributed by atoms with E-state index in [-0.39, 0.29) is 0 Å². The van der Waals surface area contributed by atoms with Crippen molar-refractivity contribution in [2.75, 3.05) is 32.8 Å². The Morgan fingerprint density at radius 2 is 1.11 bits per heavy atom. The molecule has 1 saturated heterocycles. The average Bonchev–Trinajstić information content (AvgIpc) is 2.61. The van der Waals surface area contributed by atoms with E-state index in [9.17, 15) is 0 Å². The molecule has 6 nitrogen and oxygen atoms in total. The van der Waals surface area contributed by atoms with Crippen LogP contribution in [0.3, 0.4) is 0 Å². The topological polar surface area (TPSA) is 94.3 Å². The van der Waals surface area contributed by atoms with E-state index in [0.717, 1.165) is 13.2 Å². The van der Waals surface area contributed by atoms with Gasteiger partial charge in [0.2, 0.25) is 0 Å². The van der Waals surface area contributed by atoms with E-state index in [2.05, 4.69) is 6.92 Å². The van der Waals surface area contributed by atoms with Crippen LogP contribution in [0.1, 0.15) is 96.8 Å². The first-order valence-corrected chi connectivity index (χ1v) is 12.6. The molecule has 0 bridgehead atoms. The highest BCUT2D eigenvalue weighted by atomic mass is 31.2. The van der Waals surface area contributed by atoms with E-state index in [1.165, 1.54) is 110 Å². The molecule has 0 atom stereocenters. The Bertz CT molecular complexity index is 337. The molecule has 0 spiro atoms. The number of ether oxygens (including phenoxy) is 1. The SMILES string of the molecule is CCCCCCCCCCCCCCCC[NH+]1CCOCC1.O=P([O-])(O)O. The fourth-order valence-electron chi connectivity index (χ4n) is 3.48. The average molecular weight is 410 g/mol. The van der Waals surface area contributed by atoms with E-state index >= 15 is 0 Å².